The molecule has 0 atom stereocenters. The molecule has 2 aromatic heterocycles. The molecule has 1 saturated heterocycles. The molecule has 0 aliphatic carbocycles. The van der Waals surface area contributed by atoms with Gasteiger partial charge in [0.25, 0.3) is 5.91 Å². The quantitative estimate of drug-likeness (QED) is 0.535. The zero-order valence-electron chi connectivity index (χ0n) is 16.5. The van der Waals surface area contributed by atoms with Gasteiger partial charge in [-0.25, -0.2) is 4.98 Å². The number of halogens is 1. The molecule has 4 rings (SSSR count). The first-order chi connectivity index (χ1) is 14.6. The summed E-state index contributed by atoms with van der Waals surface area (Å²) < 4.78 is 8.31. The van der Waals surface area contributed by atoms with E-state index in [1.165, 1.54) is 11.3 Å². The summed E-state index contributed by atoms with van der Waals surface area (Å²) in [5, 5.41) is 1.76. The van der Waals surface area contributed by atoms with Gasteiger partial charge in [-0.2, -0.15) is 0 Å². The lowest BCUT2D eigenvalue weighted by atomic mass is 10.1. The first-order valence-corrected chi connectivity index (χ1v) is 11.4. The summed E-state index contributed by atoms with van der Waals surface area (Å²) in [6, 6.07) is 7.96. The highest BCUT2D eigenvalue weighted by Crippen LogP contribution is 2.31. The topological polar surface area (TPSA) is 88.0 Å². The highest BCUT2D eigenvalue weighted by Gasteiger charge is 2.23. The fraction of sp³-hybridized carbons (Fsp3) is 0.350. The summed E-state index contributed by atoms with van der Waals surface area (Å²) in [6.07, 6.45) is 0.290. The number of nitrogens with zero attached hydrogens (tertiary/aromatic N) is 3. The minimum absolute atomic E-state index is 0.249. The van der Waals surface area contributed by atoms with E-state index in [1.807, 2.05) is 28.7 Å². The Bertz CT molecular complexity index is 1060. The SMILES string of the molecule is CCC(=O)NNC(=O)c1csc2nc(CN3CCOCC3)c(-c3ccc(Br)cc3)n12. The molecule has 1 aliphatic heterocycles. The molecule has 8 nitrogen and oxygen atoms in total. The normalized spacial score (nSPS) is 14.7. The van der Waals surface area contributed by atoms with Crippen LogP contribution in [0.15, 0.2) is 34.1 Å². The van der Waals surface area contributed by atoms with Crippen LogP contribution in [-0.2, 0) is 16.1 Å². The van der Waals surface area contributed by atoms with E-state index in [0.717, 1.165) is 39.5 Å². The van der Waals surface area contributed by atoms with E-state index in [4.69, 9.17) is 9.72 Å². The number of imidazole rings is 1. The van der Waals surface area contributed by atoms with Crippen LogP contribution in [0.1, 0.15) is 29.5 Å². The first kappa shape index (κ1) is 21.0. The molecule has 30 heavy (non-hydrogen) atoms. The van der Waals surface area contributed by atoms with Crippen molar-refractivity contribution in [2.45, 2.75) is 19.9 Å². The lowest BCUT2D eigenvalue weighted by molar-refractivity contribution is -0.121. The molecular formula is C20H22BrN5O3S. The average molecular weight is 492 g/mol. The molecule has 0 radical (unpaired) electrons. The van der Waals surface area contributed by atoms with Crippen molar-refractivity contribution in [3.8, 4) is 11.3 Å². The number of benzene rings is 1. The van der Waals surface area contributed by atoms with Crippen molar-refractivity contribution >= 4 is 44.0 Å². The lowest BCUT2D eigenvalue weighted by Gasteiger charge is -2.26. The summed E-state index contributed by atoms with van der Waals surface area (Å²) in [5.41, 5.74) is 8.13. The highest BCUT2D eigenvalue weighted by atomic mass is 79.9. The predicted molar refractivity (Wildman–Crippen MR) is 118 cm³/mol. The largest absolute Gasteiger partial charge is 0.379 e. The van der Waals surface area contributed by atoms with Crippen molar-refractivity contribution in [1.29, 1.82) is 0 Å². The number of amides is 2. The van der Waals surface area contributed by atoms with E-state index in [1.54, 1.807) is 12.3 Å². The second kappa shape index (κ2) is 9.25. The van der Waals surface area contributed by atoms with Crippen LogP contribution in [0.25, 0.3) is 16.2 Å². The van der Waals surface area contributed by atoms with Crippen LogP contribution < -0.4 is 10.9 Å². The van der Waals surface area contributed by atoms with Gasteiger partial charge in [-0.15, -0.1) is 11.3 Å². The number of fused-ring (bicyclic) bond motifs is 1. The molecular weight excluding hydrogens is 470 g/mol. The fourth-order valence-corrected chi connectivity index (χ4v) is 4.48. The molecule has 3 aromatic rings. The maximum absolute atomic E-state index is 12.8. The van der Waals surface area contributed by atoms with Crippen molar-refractivity contribution in [2.24, 2.45) is 0 Å². The number of ether oxygens (including phenoxy) is 1. The lowest BCUT2D eigenvalue weighted by Crippen LogP contribution is -2.41. The zero-order valence-corrected chi connectivity index (χ0v) is 18.9. The van der Waals surface area contributed by atoms with Gasteiger partial charge in [0.15, 0.2) is 4.96 Å². The number of hydrazine groups is 1. The molecule has 1 aromatic carbocycles. The highest BCUT2D eigenvalue weighted by molar-refractivity contribution is 9.10. The van der Waals surface area contributed by atoms with Crippen molar-refractivity contribution in [1.82, 2.24) is 25.1 Å². The van der Waals surface area contributed by atoms with E-state index >= 15 is 0 Å². The van der Waals surface area contributed by atoms with Gasteiger partial charge in [-0.05, 0) is 12.1 Å². The third-order valence-electron chi connectivity index (χ3n) is 4.90. The molecule has 1 fully saturated rings. The van der Waals surface area contributed by atoms with E-state index in [2.05, 4.69) is 31.7 Å². The average Bonchev–Trinajstić information content (AvgIpc) is 3.32. The predicted octanol–water partition coefficient (Wildman–Crippen LogP) is 2.83. The Morgan fingerprint density at radius 3 is 2.63 bits per heavy atom. The Morgan fingerprint density at radius 2 is 1.93 bits per heavy atom. The second-order valence-corrected chi connectivity index (χ2v) is 8.65. The zero-order chi connectivity index (χ0) is 21.1. The van der Waals surface area contributed by atoms with Crippen molar-refractivity contribution < 1.29 is 14.3 Å². The Balaban J connectivity index is 1.74. The molecule has 158 valence electrons. The van der Waals surface area contributed by atoms with Crippen LogP contribution in [0.4, 0.5) is 0 Å². The second-order valence-electron chi connectivity index (χ2n) is 6.90. The van der Waals surface area contributed by atoms with Crippen molar-refractivity contribution in [3.05, 3.63) is 45.5 Å². The summed E-state index contributed by atoms with van der Waals surface area (Å²) in [6.45, 7) is 5.52. The Kier molecular flexibility index (Phi) is 6.47. The summed E-state index contributed by atoms with van der Waals surface area (Å²) in [7, 11) is 0. The van der Waals surface area contributed by atoms with Crippen LogP contribution in [0, 0.1) is 0 Å². The minimum Gasteiger partial charge on any atom is -0.379 e. The number of hydrogen-bond acceptors (Lipinski definition) is 6. The van der Waals surface area contributed by atoms with E-state index in [0.29, 0.717) is 25.5 Å². The standard InChI is InChI=1S/C20H22BrN5O3S/c1-2-17(27)23-24-19(28)16-12-30-20-22-15(11-25-7-9-29-10-8-25)18(26(16)20)13-3-5-14(21)6-4-13/h3-6,12H,2,7-11H2,1H3,(H,23,27)(H,24,28). The molecule has 0 unspecified atom stereocenters. The number of morpholine rings is 1. The third-order valence-corrected chi connectivity index (χ3v) is 6.25. The van der Waals surface area contributed by atoms with Crippen molar-refractivity contribution in [3.63, 3.8) is 0 Å². The van der Waals surface area contributed by atoms with E-state index in [-0.39, 0.29) is 18.2 Å². The number of thiazole rings is 1. The number of rotatable bonds is 5. The van der Waals surface area contributed by atoms with Crippen LogP contribution in [-0.4, -0.2) is 52.4 Å². The fourth-order valence-electron chi connectivity index (χ4n) is 3.33. The Labute approximate surface area is 186 Å². The molecule has 0 spiro atoms. The monoisotopic (exact) mass is 491 g/mol. The summed E-state index contributed by atoms with van der Waals surface area (Å²) >= 11 is 4.88. The molecule has 2 amide bonds. The molecule has 0 bridgehead atoms. The molecule has 1 aliphatic rings. The van der Waals surface area contributed by atoms with Gasteiger partial charge in [0.05, 0.1) is 24.6 Å². The summed E-state index contributed by atoms with van der Waals surface area (Å²) in [4.78, 5) is 32.2. The van der Waals surface area contributed by atoms with Crippen LogP contribution in [0.3, 0.4) is 0 Å². The van der Waals surface area contributed by atoms with Crippen LogP contribution in [0.5, 0.6) is 0 Å². The van der Waals surface area contributed by atoms with Crippen LogP contribution in [0.2, 0.25) is 0 Å². The number of carbonyl (C=O) groups excluding carboxylic acids is 2. The van der Waals surface area contributed by atoms with Gasteiger partial charge in [0.1, 0.15) is 5.69 Å². The molecule has 0 saturated carbocycles. The van der Waals surface area contributed by atoms with Gasteiger partial charge >= 0.3 is 0 Å². The Morgan fingerprint density at radius 1 is 1.20 bits per heavy atom. The number of aromatic nitrogens is 2. The summed E-state index contributed by atoms with van der Waals surface area (Å²) in [5.74, 6) is -0.627. The molecule has 2 N–H and O–H groups in total. The Hall–Kier alpha value is -2.27. The van der Waals surface area contributed by atoms with Gasteiger partial charge in [-0.1, -0.05) is 35.0 Å². The van der Waals surface area contributed by atoms with Gasteiger partial charge in [0, 0.05) is 41.5 Å². The minimum atomic E-state index is -0.378. The van der Waals surface area contributed by atoms with Gasteiger partial charge in [-0.3, -0.25) is 29.7 Å². The van der Waals surface area contributed by atoms with Gasteiger partial charge in [0.2, 0.25) is 5.91 Å². The first-order valence-electron chi connectivity index (χ1n) is 9.71. The third kappa shape index (κ3) is 4.41. The maximum atomic E-state index is 12.8. The smallest absolute Gasteiger partial charge is 0.287 e. The van der Waals surface area contributed by atoms with Gasteiger partial charge < -0.3 is 4.74 Å². The van der Waals surface area contributed by atoms with Crippen LogP contribution >= 0.6 is 27.3 Å². The van der Waals surface area contributed by atoms with E-state index in [9.17, 15) is 9.59 Å². The number of nitrogens with one attached hydrogen (secondary N) is 2. The number of hydrogen-bond donors (Lipinski definition) is 2. The van der Waals surface area contributed by atoms with Crippen molar-refractivity contribution in [2.75, 3.05) is 26.3 Å². The number of carbonyl (C=O) groups is 2. The van der Waals surface area contributed by atoms with E-state index < -0.39 is 0 Å². The molecule has 3 heterocycles. The maximum Gasteiger partial charge on any atom is 0.287 e. The molecule has 10 heteroatoms.